The molecule has 0 bridgehead atoms. The number of urea groups is 1. The lowest BCUT2D eigenvalue weighted by Crippen LogP contribution is -2.38. The highest BCUT2D eigenvalue weighted by atomic mass is 35.5. The highest BCUT2D eigenvalue weighted by Gasteiger charge is 2.31. The zero-order chi connectivity index (χ0) is 10.1. The Balaban J connectivity index is 2.44. The molecule has 1 aromatic carbocycles. The predicted octanol–water partition coefficient (Wildman–Crippen LogP) is 1.44. The molecule has 1 heterocycles. The molecule has 1 aliphatic rings. The number of hydrogen-bond donors (Lipinski definition) is 1. The molecule has 0 radical (unpaired) electrons. The van der Waals surface area contributed by atoms with E-state index in [0.717, 1.165) is 10.5 Å². The van der Waals surface area contributed by atoms with Crippen molar-refractivity contribution in [2.24, 2.45) is 0 Å². The maximum absolute atomic E-state index is 11.4. The molecule has 0 saturated carbocycles. The van der Waals surface area contributed by atoms with Crippen LogP contribution in [-0.2, 0) is 11.2 Å². The van der Waals surface area contributed by atoms with E-state index in [-0.39, 0.29) is 12.3 Å². The van der Waals surface area contributed by atoms with Crippen LogP contribution in [0.4, 0.5) is 10.5 Å². The van der Waals surface area contributed by atoms with Crippen molar-refractivity contribution >= 4 is 29.4 Å². The van der Waals surface area contributed by atoms with Crippen LogP contribution in [0.5, 0.6) is 0 Å². The number of carbonyl (C=O) groups excluding carboxylic acids is 2. The molecule has 2 rings (SSSR count). The Hall–Kier alpha value is -1.55. The number of para-hydroxylation sites is 1. The Kier molecular flexibility index (Phi) is 2.13. The van der Waals surface area contributed by atoms with Gasteiger partial charge in [0.1, 0.15) is 0 Å². The van der Waals surface area contributed by atoms with Crippen molar-refractivity contribution < 1.29 is 9.59 Å². The van der Waals surface area contributed by atoms with E-state index in [2.05, 4.69) is 0 Å². The van der Waals surface area contributed by atoms with Crippen LogP contribution in [0.25, 0.3) is 0 Å². The molecule has 0 unspecified atom stereocenters. The van der Waals surface area contributed by atoms with Crippen molar-refractivity contribution in [1.82, 2.24) is 4.84 Å². The van der Waals surface area contributed by atoms with Crippen molar-refractivity contribution in [3.8, 4) is 0 Å². The van der Waals surface area contributed by atoms with Gasteiger partial charge in [-0.05, 0) is 11.6 Å². The van der Waals surface area contributed by atoms with Crippen LogP contribution in [0, 0.1) is 0 Å². The molecule has 14 heavy (non-hydrogen) atoms. The number of carbonyl (C=O) groups is 2. The van der Waals surface area contributed by atoms with E-state index in [1.807, 2.05) is 17.0 Å². The van der Waals surface area contributed by atoms with Crippen LogP contribution in [0.15, 0.2) is 24.3 Å². The first-order valence-corrected chi connectivity index (χ1v) is 4.43. The zero-order valence-electron chi connectivity index (χ0n) is 7.16. The second-order valence-corrected chi connectivity index (χ2v) is 3.12. The van der Waals surface area contributed by atoms with Crippen LogP contribution in [-0.4, -0.2) is 11.9 Å². The summed E-state index contributed by atoms with van der Waals surface area (Å²) in [4.78, 5) is 25.6. The summed E-state index contributed by atoms with van der Waals surface area (Å²) in [5.74, 6) is -0.260. The largest absolute Gasteiger partial charge is 0.343 e. The fourth-order valence-corrected chi connectivity index (χ4v) is 1.60. The number of anilines is 1. The average molecular weight is 211 g/mol. The highest BCUT2D eigenvalue weighted by molar-refractivity contribution is 6.28. The van der Waals surface area contributed by atoms with Crippen LogP contribution < -0.4 is 9.74 Å². The summed E-state index contributed by atoms with van der Waals surface area (Å²) in [5.41, 5.74) is 1.45. The van der Waals surface area contributed by atoms with Gasteiger partial charge < -0.3 is 0 Å². The topological polar surface area (TPSA) is 49.4 Å². The quantitative estimate of drug-likeness (QED) is 0.659. The minimum Gasteiger partial charge on any atom is -0.274 e. The monoisotopic (exact) mass is 210 g/mol. The Morgan fingerprint density at radius 3 is 2.86 bits per heavy atom. The number of imide groups is 1. The van der Waals surface area contributed by atoms with Crippen molar-refractivity contribution in [2.45, 2.75) is 6.42 Å². The van der Waals surface area contributed by atoms with Gasteiger partial charge >= 0.3 is 6.03 Å². The van der Waals surface area contributed by atoms with E-state index in [0.29, 0.717) is 5.69 Å². The molecule has 1 aliphatic heterocycles. The van der Waals surface area contributed by atoms with Gasteiger partial charge in [0.15, 0.2) is 0 Å². The highest BCUT2D eigenvalue weighted by Crippen LogP contribution is 2.28. The third-order valence-electron chi connectivity index (χ3n) is 2.11. The van der Waals surface area contributed by atoms with Gasteiger partial charge in [-0.15, -0.1) is 0 Å². The number of amides is 3. The van der Waals surface area contributed by atoms with Crippen LogP contribution in [0.2, 0.25) is 0 Å². The molecule has 0 fully saturated rings. The molecule has 0 atom stereocenters. The van der Waals surface area contributed by atoms with Gasteiger partial charge in [0, 0.05) is 11.8 Å². The molecule has 72 valence electrons. The normalized spacial score (nSPS) is 14.1. The second kappa shape index (κ2) is 3.31. The lowest BCUT2D eigenvalue weighted by atomic mass is 10.2. The molecular weight excluding hydrogens is 204 g/mol. The van der Waals surface area contributed by atoms with Gasteiger partial charge in [-0.3, -0.25) is 4.79 Å². The molecule has 0 saturated heterocycles. The van der Waals surface area contributed by atoms with E-state index in [1.165, 1.54) is 0 Å². The third kappa shape index (κ3) is 1.24. The summed E-state index contributed by atoms with van der Waals surface area (Å²) in [6.07, 6.45) is 0.250. The molecule has 4 nitrogen and oxygen atoms in total. The Labute approximate surface area is 85.6 Å². The van der Waals surface area contributed by atoms with E-state index in [4.69, 9.17) is 11.8 Å². The van der Waals surface area contributed by atoms with Crippen molar-refractivity contribution in [3.63, 3.8) is 0 Å². The first kappa shape index (κ1) is 9.02. The number of benzene rings is 1. The molecular formula is C9H7ClN2O2. The van der Waals surface area contributed by atoms with Crippen molar-refractivity contribution in [2.75, 3.05) is 4.90 Å². The maximum Gasteiger partial charge on any atom is 0.343 e. The van der Waals surface area contributed by atoms with Gasteiger partial charge in [0.25, 0.3) is 0 Å². The number of nitrogens with zero attached hydrogens (tertiary/aromatic N) is 1. The van der Waals surface area contributed by atoms with Crippen LogP contribution in [0.1, 0.15) is 5.56 Å². The summed E-state index contributed by atoms with van der Waals surface area (Å²) in [7, 11) is 0. The fourth-order valence-electron chi connectivity index (χ4n) is 1.52. The second-order valence-electron chi connectivity index (χ2n) is 2.93. The SMILES string of the molecule is O=C1Cc2ccccc2N1C(=O)NCl. The molecule has 0 aliphatic carbocycles. The number of hydrogen-bond acceptors (Lipinski definition) is 2. The zero-order valence-corrected chi connectivity index (χ0v) is 7.91. The number of halogens is 1. The van der Waals surface area contributed by atoms with Gasteiger partial charge in [-0.2, -0.15) is 0 Å². The van der Waals surface area contributed by atoms with Crippen LogP contribution >= 0.6 is 11.8 Å². The van der Waals surface area contributed by atoms with Gasteiger partial charge in [-0.25, -0.2) is 14.5 Å². The minimum atomic E-state index is -0.610. The van der Waals surface area contributed by atoms with E-state index in [9.17, 15) is 9.59 Å². The lowest BCUT2D eigenvalue weighted by molar-refractivity contribution is -0.116. The summed E-state index contributed by atoms with van der Waals surface area (Å²) in [5, 5.41) is 0. The molecule has 1 N–H and O–H groups in total. The number of fused-ring (bicyclic) bond motifs is 1. The lowest BCUT2D eigenvalue weighted by Gasteiger charge is -2.12. The first-order valence-electron chi connectivity index (χ1n) is 4.05. The van der Waals surface area contributed by atoms with E-state index < -0.39 is 6.03 Å². The van der Waals surface area contributed by atoms with Crippen molar-refractivity contribution in [3.05, 3.63) is 29.8 Å². The Bertz CT molecular complexity index is 398. The van der Waals surface area contributed by atoms with Gasteiger partial charge in [0.2, 0.25) is 5.91 Å². The van der Waals surface area contributed by atoms with E-state index in [1.54, 1.807) is 12.1 Å². The smallest absolute Gasteiger partial charge is 0.274 e. The summed E-state index contributed by atoms with van der Waals surface area (Å²) in [6.45, 7) is 0. The molecule has 5 heteroatoms. The standard InChI is InChI=1S/C9H7ClN2O2/c10-11-9(14)12-7-4-2-1-3-6(7)5-8(12)13/h1-4H,5H2,(H,11,14). The average Bonchev–Trinajstić information content (AvgIpc) is 2.53. The summed E-state index contributed by atoms with van der Waals surface area (Å²) < 4.78 is 0. The van der Waals surface area contributed by atoms with Gasteiger partial charge in [-0.1, -0.05) is 18.2 Å². The fraction of sp³-hybridized carbons (Fsp3) is 0.111. The molecule has 1 aromatic rings. The summed E-state index contributed by atoms with van der Waals surface area (Å²) >= 11 is 5.17. The van der Waals surface area contributed by atoms with Gasteiger partial charge in [0.05, 0.1) is 12.1 Å². The first-order chi connectivity index (χ1) is 6.74. The van der Waals surface area contributed by atoms with Crippen LogP contribution in [0.3, 0.4) is 0 Å². The van der Waals surface area contributed by atoms with E-state index >= 15 is 0 Å². The minimum absolute atomic E-state index is 0.250. The van der Waals surface area contributed by atoms with Crippen molar-refractivity contribution in [1.29, 1.82) is 0 Å². The molecule has 0 aromatic heterocycles. The summed E-state index contributed by atoms with van der Waals surface area (Å²) in [6, 6.07) is 6.52. The molecule has 3 amide bonds. The third-order valence-corrected chi connectivity index (χ3v) is 2.27. The Morgan fingerprint density at radius 1 is 1.43 bits per heavy atom. The Morgan fingerprint density at radius 2 is 2.14 bits per heavy atom. The number of rotatable bonds is 0. The maximum atomic E-state index is 11.4. The number of nitrogens with one attached hydrogen (secondary N) is 1. The molecule has 0 spiro atoms. The predicted molar refractivity (Wildman–Crippen MR) is 52.0 cm³/mol.